The molecular formula is C8H8N6. The van der Waals surface area contributed by atoms with Crippen LogP contribution in [0.25, 0.3) is 11.5 Å². The van der Waals surface area contributed by atoms with Gasteiger partial charge in [-0.3, -0.25) is 5.10 Å². The average Bonchev–Trinajstić information content (AvgIpc) is 2.63. The molecule has 0 saturated heterocycles. The molecule has 0 unspecified atom stereocenters. The highest BCUT2D eigenvalue weighted by Gasteiger charge is 2.48. The van der Waals surface area contributed by atoms with E-state index in [1.54, 1.807) is 0 Å². The van der Waals surface area contributed by atoms with Crippen molar-refractivity contribution in [2.45, 2.75) is 18.8 Å². The van der Waals surface area contributed by atoms with E-state index < -0.39 is 0 Å². The van der Waals surface area contributed by atoms with Crippen LogP contribution in [0.1, 0.15) is 23.6 Å². The molecule has 14 heavy (non-hydrogen) atoms. The number of nitrogens with one attached hydrogen (secondary N) is 2. The van der Waals surface area contributed by atoms with Crippen LogP contribution in [-0.2, 0) is 6.42 Å². The molecular weight excluding hydrogens is 180 g/mol. The third-order valence-corrected chi connectivity index (χ3v) is 3.21. The van der Waals surface area contributed by atoms with Crippen molar-refractivity contribution in [2.24, 2.45) is 5.92 Å². The molecule has 2 atom stereocenters. The standard InChI is InChI=1S/C8H8N6/c1-3-2-5-6(4(1)3)9-10-7(5)8-11-13-14-12-8/h3-4H,1-2H2,(H,9,10)(H,11,12,13,14)/t3-,4-/m0/s1. The van der Waals surface area contributed by atoms with Crippen LogP contribution in [0.15, 0.2) is 0 Å². The van der Waals surface area contributed by atoms with Crippen molar-refractivity contribution in [1.82, 2.24) is 30.8 Å². The Morgan fingerprint density at radius 3 is 3.14 bits per heavy atom. The second-order valence-corrected chi connectivity index (χ2v) is 4.00. The van der Waals surface area contributed by atoms with Crippen molar-refractivity contribution in [3.63, 3.8) is 0 Å². The molecule has 6 heteroatoms. The molecule has 0 amide bonds. The molecule has 2 aromatic heterocycles. The lowest BCUT2D eigenvalue weighted by Gasteiger charge is -1.94. The predicted molar refractivity (Wildman–Crippen MR) is 46.3 cm³/mol. The van der Waals surface area contributed by atoms with Crippen LogP contribution < -0.4 is 0 Å². The smallest absolute Gasteiger partial charge is 0.222 e. The van der Waals surface area contributed by atoms with Crippen LogP contribution in [0.4, 0.5) is 0 Å². The summed E-state index contributed by atoms with van der Waals surface area (Å²) in [7, 11) is 0. The van der Waals surface area contributed by atoms with Gasteiger partial charge in [0.05, 0.1) is 5.69 Å². The first-order valence-electron chi connectivity index (χ1n) is 4.74. The molecule has 1 saturated carbocycles. The fourth-order valence-corrected chi connectivity index (χ4v) is 2.42. The van der Waals surface area contributed by atoms with E-state index in [9.17, 15) is 0 Å². The number of tetrazole rings is 1. The van der Waals surface area contributed by atoms with Crippen LogP contribution >= 0.6 is 0 Å². The molecule has 4 rings (SSSR count). The second kappa shape index (κ2) is 2.02. The molecule has 1 fully saturated rings. The number of nitrogens with zero attached hydrogens (tertiary/aromatic N) is 4. The summed E-state index contributed by atoms with van der Waals surface area (Å²) in [6.45, 7) is 0. The lowest BCUT2D eigenvalue weighted by molar-refractivity contribution is 0.841. The van der Waals surface area contributed by atoms with Gasteiger partial charge in [-0.1, -0.05) is 0 Å². The highest BCUT2D eigenvalue weighted by molar-refractivity contribution is 5.59. The SMILES string of the molecule is C1c2c(n[nH]c2-c2nn[nH]n2)[C@H]2C[C@@H]12. The summed E-state index contributed by atoms with van der Waals surface area (Å²) in [6, 6.07) is 0. The molecule has 2 aliphatic rings. The first-order valence-corrected chi connectivity index (χ1v) is 4.74. The Labute approximate surface area is 79.1 Å². The van der Waals surface area contributed by atoms with Gasteiger partial charge in [0, 0.05) is 11.5 Å². The van der Waals surface area contributed by atoms with E-state index in [0.29, 0.717) is 11.7 Å². The lowest BCUT2D eigenvalue weighted by Crippen LogP contribution is -1.89. The molecule has 2 aliphatic carbocycles. The van der Waals surface area contributed by atoms with E-state index in [2.05, 4.69) is 30.8 Å². The molecule has 0 bridgehead atoms. The van der Waals surface area contributed by atoms with E-state index >= 15 is 0 Å². The van der Waals surface area contributed by atoms with Gasteiger partial charge in [-0.15, -0.1) is 10.2 Å². The Morgan fingerprint density at radius 1 is 1.29 bits per heavy atom. The maximum Gasteiger partial charge on any atom is 0.222 e. The first-order chi connectivity index (χ1) is 6.93. The van der Waals surface area contributed by atoms with Gasteiger partial charge < -0.3 is 0 Å². The van der Waals surface area contributed by atoms with Crippen molar-refractivity contribution in [3.05, 3.63) is 11.3 Å². The van der Waals surface area contributed by atoms with Gasteiger partial charge in [-0.2, -0.15) is 10.3 Å². The van der Waals surface area contributed by atoms with Crippen LogP contribution in [0, 0.1) is 5.92 Å². The highest BCUT2D eigenvalue weighted by atomic mass is 15.5. The summed E-state index contributed by atoms with van der Waals surface area (Å²) in [5.74, 6) is 2.18. The Hall–Kier alpha value is -1.72. The van der Waals surface area contributed by atoms with E-state index in [4.69, 9.17) is 0 Å². The zero-order chi connectivity index (χ0) is 9.12. The summed E-state index contributed by atoms with van der Waals surface area (Å²) in [5, 5.41) is 21.2. The zero-order valence-electron chi connectivity index (χ0n) is 7.36. The number of H-pyrrole nitrogens is 2. The maximum atomic E-state index is 4.33. The topological polar surface area (TPSA) is 83.1 Å². The van der Waals surface area contributed by atoms with Crippen LogP contribution in [0.2, 0.25) is 0 Å². The zero-order valence-corrected chi connectivity index (χ0v) is 7.36. The van der Waals surface area contributed by atoms with Gasteiger partial charge in [0.1, 0.15) is 5.69 Å². The van der Waals surface area contributed by atoms with Crippen molar-refractivity contribution in [3.8, 4) is 11.5 Å². The third kappa shape index (κ3) is 0.673. The predicted octanol–water partition coefficient (Wildman–Crippen LogP) is 0.249. The minimum Gasteiger partial charge on any atom is -0.274 e. The Morgan fingerprint density at radius 2 is 2.29 bits per heavy atom. The van der Waals surface area contributed by atoms with E-state index in [1.165, 1.54) is 17.7 Å². The molecule has 2 N–H and O–H groups in total. The maximum absolute atomic E-state index is 4.33. The molecule has 2 aromatic rings. The molecule has 6 nitrogen and oxygen atoms in total. The largest absolute Gasteiger partial charge is 0.274 e. The summed E-state index contributed by atoms with van der Waals surface area (Å²) in [6.07, 6.45) is 2.43. The van der Waals surface area contributed by atoms with Crippen molar-refractivity contribution >= 4 is 0 Å². The lowest BCUT2D eigenvalue weighted by atomic mass is 10.1. The monoisotopic (exact) mass is 188 g/mol. The van der Waals surface area contributed by atoms with Gasteiger partial charge in [0.15, 0.2) is 0 Å². The van der Waals surface area contributed by atoms with Gasteiger partial charge in [-0.05, 0) is 24.0 Å². The fourth-order valence-electron chi connectivity index (χ4n) is 2.42. The molecule has 0 radical (unpaired) electrons. The molecule has 2 heterocycles. The summed E-state index contributed by atoms with van der Waals surface area (Å²) in [5.41, 5.74) is 3.48. The van der Waals surface area contributed by atoms with Crippen LogP contribution in [0.5, 0.6) is 0 Å². The average molecular weight is 188 g/mol. The summed E-state index contributed by atoms with van der Waals surface area (Å²) in [4.78, 5) is 0. The summed E-state index contributed by atoms with van der Waals surface area (Å²) < 4.78 is 0. The molecule has 70 valence electrons. The normalized spacial score (nSPS) is 27.4. The number of fused-ring (bicyclic) bond motifs is 3. The van der Waals surface area contributed by atoms with E-state index in [1.807, 2.05) is 0 Å². The third-order valence-electron chi connectivity index (χ3n) is 3.21. The Balaban J connectivity index is 1.91. The second-order valence-electron chi connectivity index (χ2n) is 4.00. The highest BCUT2D eigenvalue weighted by Crippen LogP contribution is 2.56. The van der Waals surface area contributed by atoms with E-state index in [-0.39, 0.29) is 0 Å². The molecule has 0 aromatic carbocycles. The number of hydrogen-bond acceptors (Lipinski definition) is 4. The minimum atomic E-state index is 0.625. The van der Waals surface area contributed by atoms with Gasteiger partial charge >= 0.3 is 0 Å². The number of aromatic amines is 2. The van der Waals surface area contributed by atoms with E-state index in [0.717, 1.165) is 18.0 Å². The quantitative estimate of drug-likeness (QED) is 0.671. The van der Waals surface area contributed by atoms with Crippen LogP contribution in [0.3, 0.4) is 0 Å². The minimum absolute atomic E-state index is 0.625. The Bertz CT molecular complexity index is 484. The van der Waals surface area contributed by atoms with Crippen molar-refractivity contribution in [2.75, 3.05) is 0 Å². The number of rotatable bonds is 1. The molecule has 0 aliphatic heterocycles. The Kier molecular flexibility index (Phi) is 0.967. The van der Waals surface area contributed by atoms with Crippen molar-refractivity contribution in [1.29, 1.82) is 0 Å². The summed E-state index contributed by atoms with van der Waals surface area (Å²) >= 11 is 0. The van der Waals surface area contributed by atoms with Crippen molar-refractivity contribution < 1.29 is 0 Å². The number of hydrogen-bond donors (Lipinski definition) is 2. The number of aromatic nitrogens is 6. The van der Waals surface area contributed by atoms with Gasteiger partial charge in [0.2, 0.25) is 5.82 Å². The molecule has 0 spiro atoms. The van der Waals surface area contributed by atoms with Gasteiger partial charge in [-0.25, -0.2) is 0 Å². The first kappa shape index (κ1) is 6.69. The van der Waals surface area contributed by atoms with Crippen LogP contribution in [-0.4, -0.2) is 30.8 Å². The van der Waals surface area contributed by atoms with Gasteiger partial charge in [0.25, 0.3) is 0 Å². The fraction of sp³-hybridized carbons (Fsp3) is 0.500.